The molecule has 0 atom stereocenters. The second-order valence-corrected chi connectivity index (χ2v) is 3.22. The quantitative estimate of drug-likeness (QED) is 0.645. The maximum Gasteiger partial charge on any atom is 0.433 e. The maximum atomic E-state index is 10.4. The smallest absolute Gasteiger partial charge is 0.401 e. The molecule has 0 spiro atoms. The lowest BCUT2D eigenvalue weighted by molar-refractivity contribution is -0.402. The molecular weight excluding hydrogens is 238 g/mol. The molecule has 0 fully saturated rings. The molecule has 2 aromatic rings. The van der Waals surface area contributed by atoms with Gasteiger partial charge in [0, 0.05) is 7.05 Å². The highest BCUT2D eigenvalue weighted by Gasteiger charge is 2.09. The Hall–Kier alpha value is -2.77. The summed E-state index contributed by atoms with van der Waals surface area (Å²) in [5.41, 5.74) is 0.521. The van der Waals surface area contributed by atoms with E-state index in [0.29, 0.717) is 17.4 Å². The van der Waals surface area contributed by atoms with E-state index in [1.54, 1.807) is 19.2 Å². The molecule has 0 saturated carbocycles. The van der Waals surface area contributed by atoms with Crippen molar-refractivity contribution in [1.29, 1.82) is 0 Å². The van der Waals surface area contributed by atoms with Crippen molar-refractivity contribution in [3.63, 3.8) is 0 Å². The first kappa shape index (κ1) is 11.7. The molecule has 0 radical (unpaired) electrons. The monoisotopic (exact) mass is 247 g/mol. The van der Waals surface area contributed by atoms with Crippen molar-refractivity contribution in [1.82, 2.24) is 15.2 Å². The first-order valence-electron chi connectivity index (χ1n) is 4.99. The average molecular weight is 247 g/mol. The van der Waals surface area contributed by atoms with Crippen molar-refractivity contribution < 1.29 is 9.34 Å². The molecule has 0 aliphatic rings. The minimum Gasteiger partial charge on any atom is -0.401 e. The van der Waals surface area contributed by atoms with Crippen molar-refractivity contribution in [3.05, 3.63) is 39.9 Å². The van der Waals surface area contributed by atoms with Crippen molar-refractivity contribution in [3.8, 4) is 0 Å². The van der Waals surface area contributed by atoms with Gasteiger partial charge in [-0.25, -0.2) is 4.98 Å². The van der Waals surface area contributed by atoms with Crippen LogP contribution in [-0.4, -0.2) is 27.2 Å². The highest BCUT2D eigenvalue weighted by molar-refractivity contribution is 5.65. The summed E-state index contributed by atoms with van der Waals surface area (Å²) < 4.78 is 4.94. The molecule has 18 heavy (non-hydrogen) atoms. The summed E-state index contributed by atoms with van der Waals surface area (Å²) in [6.07, 6.45) is 4.67. The number of anilines is 1. The van der Waals surface area contributed by atoms with Crippen LogP contribution in [0.1, 0.15) is 11.5 Å². The van der Waals surface area contributed by atoms with E-state index in [-0.39, 0.29) is 5.88 Å². The van der Waals surface area contributed by atoms with Gasteiger partial charge in [-0.15, -0.1) is 10.2 Å². The van der Waals surface area contributed by atoms with E-state index >= 15 is 0 Å². The van der Waals surface area contributed by atoms with Crippen LogP contribution in [0.4, 0.5) is 11.8 Å². The first-order chi connectivity index (χ1) is 8.69. The predicted molar refractivity (Wildman–Crippen MR) is 63.7 cm³/mol. The summed E-state index contributed by atoms with van der Waals surface area (Å²) >= 11 is 0. The number of hydrogen-bond acceptors (Lipinski definition) is 7. The van der Waals surface area contributed by atoms with Gasteiger partial charge in [0.2, 0.25) is 5.95 Å². The van der Waals surface area contributed by atoms with Crippen LogP contribution in [0.5, 0.6) is 0 Å². The summed E-state index contributed by atoms with van der Waals surface area (Å²) in [5, 5.41) is 20.8. The number of nitrogens with one attached hydrogen (secondary N) is 1. The van der Waals surface area contributed by atoms with E-state index in [1.807, 2.05) is 0 Å². The molecule has 8 heteroatoms. The molecule has 2 aromatic heterocycles. The van der Waals surface area contributed by atoms with Crippen LogP contribution in [0.3, 0.4) is 0 Å². The van der Waals surface area contributed by atoms with Crippen molar-refractivity contribution in [2.45, 2.75) is 0 Å². The summed E-state index contributed by atoms with van der Waals surface area (Å²) in [6, 6.07) is 2.78. The summed E-state index contributed by atoms with van der Waals surface area (Å²) in [5.74, 6) is 0.478. The minimum absolute atomic E-state index is 0.301. The first-order valence-corrected chi connectivity index (χ1v) is 4.99. The molecule has 2 heterocycles. The Balaban J connectivity index is 2.11. The summed E-state index contributed by atoms with van der Waals surface area (Å²) in [7, 11) is 1.69. The number of rotatable bonds is 4. The molecule has 0 aliphatic heterocycles. The van der Waals surface area contributed by atoms with Crippen LogP contribution >= 0.6 is 0 Å². The fourth-order valence-corrected chi connectivity index (χ4v) is 1.17. The van der Waals surface area contributed by atoms with E-state index < -0.39 is 4.92 Å². The van der Waals surface area contributed by atoms with Crippen molar-refractivity contribution >= 4 is 24.0 Å². The Morgan fingerprint density at radius 2 is 2.22 bits per heavy atom. The highest BCUT2D eigenvalue weighted by atomic mass is 16.6. The second-order valence-electron chi connectivity index (χ2n) is 3.22. The fourth-order valence-electron chi connectivity index (χ4n) is 1.17. The largest absolute Gasteiger partial charge is 0.433 e. The van der Waals surface area contributed by atoms with Crippen LogP contribution in [0.25, 0.3) is 12.2 Å². The summed E-state index contributed by atoms with van der Waals surface area (Å²) in [6.45, 7) is 0. The van der Waals surface area contributed by atoms with Gasteiger partial charge in [-0.3, -0.25) is 10.1 Å². The molecule has 0 saturated heterocycles. The molecule has 1 N–H and O–H groups in total. The SMILES string of the molecule is CNc1ncc(C=Cc2ccc([N+](=O)[O-])o2)nn1. The lowest BCUT2D eigenvalue weighted by atomic mass is 10.3. The van der Waals surface area contributed by atoms with Crippen LogP contribution in [0.15, 0.2) is 22.7 Å². The van der Waals surface area contributed by atoms with Crippen LogP contribution in [-0.2, 0) is 0 Å². The molecule has 0 unspecified atom stereocenters. The molecule has 92 valence electrons. The van der Waals surface area contributed by atoms with Gasteiger partial charge in [-0.05, 0) is 18.2 Å². The zero-order valence-electron chi connectivity index (χ0n) is 9.40. The zero-order valence-corrected chi connectivity index (χ0v) is 9.40. The van der Waals surface area contributed by atoms with Crippen LogP contribution in [0.2, 0.25) is 0 Å². The molecule has 0 aromatic carbocycles. The van der Waals surface area contributed by atoms with Gasteiger partial charge >= 0.3 is 5.88 Å². The maximum absolute atomic E-state index is 10.4. The average Bonchev–Trinajstić information content (AvgIpc) is 2.86. The van der Waals surface area contributed by atoms with Gasteiger partial charge in [-0.2, -0.15) is 0 Å². The Morgan fingerprint density at radius 1 is 1.39 bits per heavy atom. The number of hydrogen-bond donors (Lipinski definition) is 1. The van der Waals surface area contributed by atoms with Gasteiger partial charge in [0.25, 0.3) is 0 Å². The molecule has 2 rings (SSSR count). The normalized spacial score (nSPS) is 10.7. The van der Waals surface area contributed by atoms with E-state index in [4.69, 9.17) is 4.42 Å². The Kier molecular flexibility index (Phi) is 3.28. The number of aromatic nitrogens is 3. The number of nitro groups is 1. The predicted octanol–water partition coefficient (Wildman–Crippen LogP) is 1.58. The fraction of sp³-hybridized carbons (Fsp3) is 0.100. The third kappa shape index (κ3) is 2.67. The van der Waals surface area contributed by atoms with Gasteiger partial charge < -0.3 is 9.73 Å². The standard InChI is InChI=1S/C10H9N5O3/c1-11-10-12-6-7(13-14-10)2-3-8-4-5-9(18-8)15(16)17/h2-6H,1H3,(H,11,12,14). The third-order valence-electron chi connectivity index (χ3n) is 2.01. The number of nitrogens with zero attached hydrogens (tertiary/aromatic N) is 4. The van der Waals surface area contributed by atoms with Crippen LogP contribution in [0, 0.1) is 10.1 Å². The van der Waals surface area contributed by atoms with Crippen LogP contribution < -0.4 is 5.32 Å². The molecule has 0 bridgehead atoms. The lowest BCUT2D eigenvalue weighted by Crippen LogP contribution is -1.98. The lowest BCUT2D eigenvalue weighted by Gasteiger charge is -1.95. The molecular formula is C10H9N5O3. The van der Waals surface area contributed by atoms with E-state index in [9.17, 15) is 10.1 Å². The zero-order chi connectivity index (χ0) is 13.0. The third-order valence-corrected chi connectivity index (χ3v) is 2.01. The second kappa shape index (κ2) is 5.04. The number of furan rings is 1. The Morgan fingerprint density at radius 3 is 2.78 bits per heavy atom. The van der Waals surface area contributed by atoms with Gasteiger partial charge in [0.15, 0.2) is 0 Å². The van der Waals surface area contributed by atoms with E-state index in [0.717, 1.165) is 0 Å². The Labute approximate surface area is 102 Å². The van der Waals surface area contributed by atoms with Gasteiger partial charge in [-0.1, -0.05) is 0 Å². The van der Waals surface area contributed by atoms with E-state index in [1.165, 1.54) is 18.3 Å². The minimum atomic E-state index is -0.597. The molecule has 0 aliphatic carbocycles. The Bertz CT molecular complexity index is 575. The van der Waals surface area contributed by atoms with Crippen molar-refractivity contribution in [2.24, 2.45) is 0 Å². The van der Waals surface area contributed by atoms with Gasteiger partial charge in [0.05, 0.1) is 12.3 Å². The molecule has 8 nitrogen and oxygen atoms in total. The van der Waals surface area contributed by atoms with E-state index in [2.05, 4.69) is 20.5 Å². The topological polar surface area (TPSA) is 107 Å². The molecule has 0 amide bonds. The van der Waals surface area contributed by atoms with Gasteiger partial charge in [0.1, 0.15) is 16.4 Å². The highest BCUT2D eigenvalue weighted by Crippen LogP contribution is 2.17. The summed E-state index contributed by atoms with van der Waals surface area (Å²) in [4.78, 5) is 13.8. The van der Waals surface area contributed by atoms with Crippen molar-refractivity contribution in [2.75, 3.05) is 12.4 Å².